The molecule has 5 aromatic rings. The van der Waals surface area contributed by atoms with Crippen molar-refractivity contribution in [2.45, 2.75) is 51.0 Å². The molecular weight excluding hydrogens is 763 g/mol. The lowest BCUT2D eigenvalue weighted by molar-refractivity contribution is -0.384. The number of nitro groups is 1. The third kappa shape index (κ3) is 10.4. The second-order valence-electron chi connectivity index (χ2n) is 15.3. The Hall–Kier alpha value is -6.12. The molecular formula is C47H51N5O8. The van der Waals surface area contributed by atoms with E-state index in [4.69, 9.17) is 14.2 Å². The van der Waals surface area contributed by atoms with Gasteiger partial charge in [0, 0.05) is 75.0 Å². The topological polar surface area (TPSA) is 156 Å². The summed E-state index contributed by atoms with van der Waals surface area (Å²) in [6, 6.07) is 38.7. The number of nitrogens with zero attached hydrogens (tertiary/aromatic N) is 3. The molecule has 5 aromatic carbocycles. The minimum absolute atomic E-state index is 0.0195. The van der Waals surface area contributed by atoms with E-state index in [1.54, 1.807) is 12.1 Å². The van der Waals surface area contributed by atoms with Crippen molar-refractivity contribution in [2.24, 2.45) is 5.92 Å². The maximum Gasteiger partial charge on any atom is 0.328 e. The quantitative estimate of drug-likeness (QED) is 0.0610. The van der Waals surface area contributed by atoms with Crippen LogP contribution >= 0.6 is 0 Å². The van der Waals surface area contributed by atoms with Gasteiger partial charge < -0.3 is 34.9 Å². The number of hydrogen-bond donors (Lipinski definition) is 3. The molecule has 2 saturated heterocycles. The number of aliphatic hydroxyl groups excluding tert-OH is 1. The minimum Gasteiger partial charge on any atom is -0.467 e. The Labute approximate surface area is 350 Å². The number of benzene rings is 5. The number of nitro benzene ring substituents is 1. The molecule has 2 aliphatic rings. The summed E-state index contributed by atoms with van der Waals surface area (Å²) in [4.78, 5) is 41.0. The van der Waals surface area contributed by atoms with Gasteiger partial charge in [0.25, 0.3) is 5.69 Å². The zero-order valence-corrected chi connectivity index (χ0v) is 33.8. The van der Waals surface area contributed by atoms with Crippen LogP contribution in [0.5, 0.6) is 0 Å². The molecule has 0 bridgehead atoms. The Balaban J connectivity index is 1.03. The molecule has 0 unspecified atom stereocenters. The number of carbonyl (C=O) groups excluding carboxylic acids is 2. The first kappa shape index (κ1) is 42.0. The molecule has 2 aliphatic heterocycles. The Kier molecular flexibility index (Phi) is 13.8. The Morgan fingerprint density at radius 1 is 0.833 bits per heavy atom. The smallest absolute Gasteiger partial charge is 0.328 e. The third-order valence-electron chi connectivity index (χ3n) is 11.4. The van der Waals surface area contributed by atoms with Gasteiger partial charge in [0.05, 0.1) is 30.8 Å². The monoisotopic (exact) mass is 813 g/mol. The van der Waals surface area contributed by atoms with Gasteiger partial charge in [0.15, 0.2) is 6.29 Å². The van der Waals surface area contributed by atoms with Gasteiger partial charge in [0.1, 0.15) is 6.04 Å². The number of methoxy groups -OCH3 is 1. The fraction of sp³-hybridized carbons (Fsp3) is 0.319. The molecule has 0 radical (unpaired) electrons. The van der Waals surface area contributed by atoms with E-state index in [9.17, 15) is 24.8 Å². The zero-order valence-electron chi connectivity index (χ0n) is 33.8. The number of ether oxygens (including phenoxy) is 3. The predicted octanol–water partition coefficient (Wildman–Crippen LogP) is 6.95. The van der Waals surface area contributed by atoms with E-state index >= 15 is 0 Å². The summed E-state index contributed by atoms with van der Waals surface area (Å²) in [5.41, 5.74) is 7.48. The van der Waals surface area contributed by atoms with Crippen LogP contribution in [0.4, 0.5) is 16.2 Å². The Morgan fingerprint density at radius 2 is 1.50 bits per heavy atom. The molecule has 2 amide bonds. The fourth-order valence-corrected chi connectivity index (χ4v) is 7.90. The van der Waals surface area contributed by atoms with E-state index in [0.717, 1.165) is 70.8 Å². The molecule has 312 valence electrons. The molecule has 0 aromatic heterocycles. The minimum atomic E-state index is -0.841. The van der Waals surface area contributed by atoms with Crippen LogP contribution in [0.3, 0.4) is 0 Å². The third-order valence-corrected chi connectivity index (χ3v) is 11.4. The van der Waals surface area contributed by atoms with Crippen LogP contribution in [0.2, 0.25) is 0 Å². The normalized spacial score (nSPS) is 19.9. The first-order chi connectivity index (χ1) is 29.2. The summed E-state index contributed by atoms with van der Waals surface area (Å²) >= 11 is 0. The van der Waals surface area contributed by atoms with Crippen LogP contribution in [0.15, 0.2) is 127 Å². The van der Waals surface area contributed by atoms with Crippen LogP contribution in [0.25, 0.3) is 11.1 Å². The van der Waals surface area contributed by atoms with Crippen molar-refractivity contribution in [3.8, 4) is 11.1 Å². The van der Waals surface area contributed by atoms with Crippen LogP contribution in [-0.4, -0.2) is 78.9 Å². The van der Waals surface area contributed by atoms with E-state index in [1.165, 1.54) is 7.11 Å². The van der Waals surface area contributed by atoms with Gasteiger partial charge in [0.2, 0.25) is 0 Å². The van der Waals surface area contributed by atoms with Crippen LogP contribution in [-0.2, 0) is 38.6 Å². The predicted molar refractivity (Wildman–Crippen MR) is 228 cm³/mol. The van der Waals surface area contributed by atoms with Crippen molar-refractivity contribution < 1.29 is 33.8 Å². The average Bonchev–Trinajstić information content (AvgIpc) is 3.29. The molecule has 2 fully saturated rings. The van der Waals surface area contributed by atoms with E-state index in [2.05, 4.69) is 27.4 Å². The average molecular weight is 814 g/mol. The van der Waals surface area contributed by atoms with Gasteiger partial charge in [-0.3, -0.25) is 15.0 Å². The summed E-state index contributed by atoms with van der Waals surface area (Å²) in [5.74, 6) is -0.502. The maximum atomic E-state index is 13.1. The molecule has 0 saturated carbocycles. The van der Waals surface area contributed by atoms with Gasteiger partial charge in [-0.25, -0.2) is 9.59 Å². The van der Waals surface area contributed by atoms with Crippen molar-refractivity contribution in [3.05, 3.63) is 165 Å². The number of piperazine rings is 1. The summed E-state index contributed by atoms with van der Waals surface area (Å²) in [6.45, 7) is 6.27. The molecule has 60 heavy (non-hydrogen) atoms. The van der Waals surface area contributed by atoms with E-state index in [0.29, 0.717) is 13.0 Å². The van der Waals surface area contributed by atoms with Gasteiger partial charge >= 0.3 is 12.0 Å². The summed E-state index contributed by atoms with van der Waals surface area (Å²) in [5, 5.41) is 26.5. The maximum absolute atomic E-state index is 13.1. The molecule has 0 spiro atoms. The zero-order chi connectivity index (χ0) is 42.0. The second kappa shape index (κ2) is 19.8. The number of urea groups is 1. The standard InChI is InChI=1S/C47H51N5O8/c1-32-43(30-50-24-26-51(27-25-50)39-20-22-40(23-21-39)52(56)57)59-46(60-44(32)36-14-12-34(31-53)13-15-36)37-18-16-35(17-19-37)41-11-7-6-10-38(41)29-48-47(55)49-42(45(54)58-2)28-33-8-4-3-5-9-33/h3-23,32,42-44,46,53H,24-31H2,1-2H3,(H2,48,49,55)/t32-,42+,43+,44+,46+/m1/s1. The molecule has 2 heterocycles. The molecule has 13 nitrogen and oxygen atoms in total. The summed E-state index contributed by atoms with van der Waals surface area (Å²) in [6.07, 6.45) is -0.741. The lowest BCUT2D eigenvalue weighted by Crippen LogP contribution is -2.51. The number of aliphatic hydroxyl groups is 1. The largest absolute Gasteiger partial charge is 0.467 e. The van der Waals surface area contributed by atoms with Gasteiger partial charge in [-0.15, -0.1) is 0 Å². The van der Waals surface area contributed by atoms with E-state index in [1.807, 2.05) is 115 Å². The van der Waals surface area contributed by atoms with Crippen LogP contribution < -0.4 is 15.5 Å². The van der Waals surface area contributed by atoms with Crippen molar-refractivity contribution in [2.75, 3.05) is 44.7 Å². The van der Waals surface area contributed by atoms with Crippen molar-refractivity contribution in [1.29, 1.82) is 0 Å². The summed E-state index contributed by atoms with van der Waals surface area (Å²) < 4.78 is 18.5. The highest BCUT2D eigenvalue weighted by Gasteiger charge is 2.39. The number of hydrogen-bond acceptors (Lipinski definition) is 10. The van der Waals surface area contributed by atoms with E-state index < -0.39 is 24.3 Å². The number of nitrogens with one attached hydrogen (secondary N) is 2. The number of amides is 2. The fourth-order valence-electron chi connectivity index (χ4n) is 7.90. The second-order valence-corrected chi connectivity index (χ2v) is 15.3. The molecule has 3 N–H and O–H groups in total. The summed E-state index contributed by atoms with van der Waals surface area (Å²) in [7, 11) is 1.31. The number of esters is 1. The molecule has 5 atom stereocenters. The lowest BCUT2D eigenvalue weighted by atomic mass is 9.89. The van der Waals surface area contributed by atoms with Crippen molar-refractivity contribution in [1.82, 2.24) is 15.5 Å². The molecule has 13 heteroatoms. The highest BCUT2D eigenvalue weighted by molar-refractivity contribution is 5.84. The van der Waals surface area contributed by atoms with Crippen molar-refractivity contribution in [3.63, 3.8) is 0 Å². The highest BCUT2D eigenvalue weighted by atomic mass is 16.7. The number of anilines is 1. The first-order valence-corrected chi connectivity index (χ1v) is 20.3. The van der Waals surface area contributed by atoms with Gasteiger partial charge in [-0.1, -0.05) is 110 Å². The highest BCUT2D eigenvalue weighted by Crippen LogP contribution is 2.42. The van der Waals surface area contributed by atoms with Crippen LogP contribution in [0.1, 0.15) is 47.1 Å². The Morgan fingerprint density at radius 3 is 2.17 bits per heavy atom. The van der Waals surface area contributed by atoms with Gasteiger partial charge in [-0.2, -0.15) is 0 Å². The lowest BCUT2D eigenvalue weighted by Gasteiger charge is -2.44. The van der Waals surface area contributed by atoms with E-state index in [-0.39, 0.29) is 41.9 Å². The first-order valence-electron chi connectivity index (χ1n) is 20.3. The number of non-ortho nitro benzene ring substituents is 1. The number of rotatable bonds is 14. The van der Waals surface area contributed by atoms with Gasteiger partial charge in [-0.05, 0) is 45.5 Å². The van der Waals surface area contributed by atoms with Crippen molar-refractivity contribution >= 4 is 23.4 Å². The number of carbonyl (C=O) groups is 2. The molecule has 7 rings (SSSR count). The molecule has 0 aliphatic carbocycles. The Bertz CT molecular complexity index is 2200. The SMILES string of the molecule is COC(=O)[C@H](Cc1ccccc1)NC(=O)NCc1ccccc1-c1ccc([C@H]2O[C@@H](CN3CCN(c4ccc([N+](=O)[O-])cc4)CC3)[C@@H](C)[C@@H](c3ccc(CO)cc3)O2)cc1. The van der Waals surface area contributed by atoms with Crippen LogP contribution in [0, 0.1) is 16.0 Å².